The van der Waals surface area contributed by atoms with E-state index in [2.05, 4.69) is 22.3 Å². The molecule has 0 amide bonds. The molecule has 0 bridgehead atoms. The van der Waals surface area contributed by atoms with Crippen molar-refractivity contribution >= 4 is 18.2 Å². The molecule has 1 N–H and O–H groups in total. The molecule has 1 aromatic carbocycles. The third-order valence-corrected chi connectivity index (χ3v) is 2.57. The van der Waals surface area contributed by atoms with Crippen LogP contribution in [0.3, 0.4) is 0 Å². The quantitative estimate of drug-likeness (QED) is 0.735. The Kier molecular flexibility index (Phi) is 9.56. The third kappa shape index (κ3) is 7.43. The number of carbonyl (C=O) groups excluding carboxylic acids is 1. The predicted octanol–water partition coefficient (Wildman–Crippen LogP) is 2.11. The van der Waals surface area contributed by atoms with E-state index in [4.69, 9.17) is 0 Å². The molecule has 0 unspecified atom stereocenters. The molecule has 0 radical (unpaired) electrons. The minimum absolute atomic E-state index is 0. The second-order valence-electron chi connectivity index (χ2n) is 4.30. The van der Waals surface area contributed by atoms with Crippen LogP contribution in [-0.4, -0.2) is 37.4 Å². The fourth-order valence-corrected chi connectivity index (χ4v) is 1.74. The molecule has 1 aromatic rings. The van der Waals surface area contributed by atoms with Crippen molar-refractivity contribution in [3.05, 3.63) is 35.9 Å². The lowest BCUT2D eigenvalue weighted by molar-refractivity contribution is -0.119. The molecule has 1 rings (SSSR count). The highest BCUT2D eigenvalue weighted by molar-refractivity contribution is 5.85. The lowest BCUT2D eigenvalue weighted by Crippen LogP contribution is -2.28. The topological polar surface area (TPSA) is 32.3 Å². The largest absolute Gasteiger partial charge is 0.317 e. The van der Waals surface area contributed by atoms with Gasteiger partial charge in [0.2, 0.25) is 0 Å². The molecule has 18 heavy (non-hydrogen) atoms. The van der Waals surface area contributed by atoms with E-state index in [1.165, 1.54) is 5.56 Å². The van der Waals surface area contributed by atoms with E-state index >= 15 is 0 Å². The molecule has 0 aliphatic carbocycles. The van der Waals surface area contributed by atoms with Gasteiger partial charge in [-0.2, -0.15) is 0 Å². The van der Waals surface area contributed by atoms with Gasteiger partial charge in [0.15, 0.2) is 0 Å². The summed E-state index contributed by atoms with van der Waals surface area (Å²) < 4.78 is 0. The maximum absolute atomic E-state index is 11.6. The van der Waals surface area contributed by atoms with Crippen LogP contribution in [0.15, 0.2) is 30.3 Å². The Labute approximate surface area is 116 Å². The van der Waals surface area contributed by atoms with E-state index in [0.29, 0.717) is 18.7 Å². The zero-order valence-corrected chi connectivity index (χ0v) is 12.0. The molecule has 102 valence electrons. The minimum Gasteiger partial charge on any atom is -0.317 e. The highest BCUT2D eigenvalue weighted by Gasteiger charge is 2.06. The Morgan fingerprint density at radius 2 is 1.94 bits per heavy atom. The van der Waals surface area contributed by atoms with Crippen LogP contribution >= 0.6 is 12.4 Å². The van der Waals surface area contributed by atoms with Crippen LogP contribution in [0.1, 0.15) is 18.9 Å². The lowest BCUT2D eigenvalue weighted by atomic mass is 10.2. The first-order valence-electron chi connectivity index (χ1n) is 6.17. The Hall–Kier alpha value is -0.900. The number of rotatable bonds is 8. The summed E-state index contributed by atoms with van der Waals surface area (Å²) in [5.41, 5.74) is 1.24. The van der Waals surface area contributed by atoms with Gasteiger partial charge in [-0.3, -0.25) is 9.69 Å². The minimum atomic E-state index is 0. The lowest BCUT2D eigenvalue weighted by Gasteiger charge is -2.15. The van der Waals surface area contributed by atoms with Crippen molar-refractivity contribution in [2.75, 3.05) is 26.7 Å². The first-order valence-corrected chi connectivity index (χ1v) is 6.17. The van der Waals surface area contributed by atoms with E-state index in [9.17, 15) is 4.79 Å². The maximum atomic E-state index is 11.6. The molecule has 0 aliphatic rings. The highest BCUT2D eigenvalue weighted by Crippen LogP contribution is 2.02. The molecule has 0 aliphatic heterocycles. The van der Waals surface area contributed by atoms with Gasteiger partial charge in [-0.25, -0.2) is 0 Å². The molecule has 4 heteroatoms. The van der Waals surface area contributed by atoms with E-state index in [0.717, 1.165) is 19.6 Å². The van der Waals surface area contributed by atoms with Crippen molar-refractivity contribution in [3.63, 3.8) is 0 Å². The Morgan fingerprint density at radius 1 is 1.28 bits per heavy atom. The monoisotopic (exact) mass is 270 g/mol. The van der Waals surface area contributed by atoms with Crippen molar-refractivity contribution in [1.82, 2.24) is 10.2 Å². The summed E-state index contributed by atoms with van der Waals surface area (Å²) in [7, 11) is 1.98. The molecule has 0 saturated heterocycles. The number of nitrogens with one attached hydrogen (secondary N) is 1. The highest BCUT2D eigenvalue weighted by atomic mass is 35.5. The van der Waals surface area contributed by atoms with E-state index in [1.807, 2.05) is 32.2 Å². The molecular formula is C14H23ClN2O. The van der Waals surface area contributed by atoms with E-state index in [-0.39, 0.29) is 12.4 Å². The number of carbonyl (C=O) groups is 1. The van der Waals surface area contributed by atoms with Gasteiger partial charge in [0.05, 0.1) is 6.54 Å². The van der Waals surface area contributed by atoms with Crippen molar-refractivity contribution < 1.29 is 4.79 Å². The van der Waals surface area contributed by atoms with Gasteiger partial charge in [0.25, 0.3) is 0 Å². The first-order chi connectivity index (χ1) is 8.22. The molecule has 0 aromatic heterocycles. The van der Waals surface area contributed by atoms with Crippen molar-refractivity contribution in [2.45, 2.75) is 19.9 Å². The summed E-state index contributed by atoms with van der Waals surface area (Å²) in [6.45, 7) is 5.11. The molecule has 0 atom stereocenters. The van der Waals surface area contributed by atoms with Crippen molar-refractivity contribution in [2.24, 2.45) is 0 Å². The number of hydrogen-bond acceptors (Lipinski definition) is 3. The maximum Gasteiger partial charge on any atom is 0.148 e. The molecule has 0 spiro atoms. The van der Waals surface area contributed by atoms with E-state index in [1.54, 1.807) is 0 Å². The first kappa shape index (κ1) is 17.1. The van der Waals surface area contributed by atoms with Crippen LogP contribution in [0.4, 0.5) is 0 Å². The number of ketones is 1. The Bertz CT molecular complexity index is 330. The zero-order chi connectivity index (χ0) is 12.5. The number of halogens is 1. The average molecular weight is 271 g/mol. The second-order valence-corrected chi connectivity index (χ2v) is 4.30. The van der Waals surface area contributed by atoms with Crippen LogP contribution < -0.4 is 5.32 Å². The van der Waals surface area contributed by atoms with Gasteiger partial charge in [-0.1, -0.05) is 37.3 Å². The Balaban J connectivity index is 0.00000289. The number of likely N-dealkylation sites (N-methyl/N-ethyl adjacent to an activating group) is 1. The number of Topliss-reactive ketones (excluding diaryl/α,β-unsaturated/α-hetero) is 1. The summed E-state index contributed by atoms with van der Waals surface area (Å²) in [6.07, 6.45) is 0.618. The summed E-state index contributed by atoms with van der Waals surface area (Å²) in [5, 5.41) is 3.16. The number of benzene rings is 1. The molecule has 0 saturated carbocycles. The molecular weight excluding hydrogens is 248 g/mol. The van der Waals surface area contributed by atoms with Crippen LogP contribution in [0, 0.1) is 0 Å². The van der Waals surface area contributed by atoms with Crippen LogP contribution in [0.2, 0.25) is 0 Å². The second kappa shape index (κ2) is 10.1. The summed E-state index contributed by atoms with van der Waals surface area (Å²) in [5.74, 6) is 0.296. The van der Waals surface area contributed by atoms with Gasteiger partial charge < -0.3 is 5.32 Å². The van der Waals surface area contributed by atoms with Gasteiger partial charge in [-0.15, -0.1) is 12.4 Å². The predicted molar refractivity (Wildman–Crippen MR) is 78.2 cm³/mol. The summed E-state index contributed by atoms with van der Waals surface area (Å²) >= 11 is 0. The average Bonchev–Trinajstić information content (AvgIpc) is 2.30. The van der Waals surface area contributed by atoms with Crippen LogP contribution in [0.25, 0.3) is 0 Å². The zero-order valence-electron chi connectivity index (χ0n) is 11.2. The van der Waals surface area contributed by atoms with Gasteiger partial charge >= 0.3 is 0 Å². The third-order valence-electron chi connectivity index (χ3n) is 2.57. The SMILES string of the molecule is CCNCCC(=O)CN(C)Cc1ccccc1.Cl. The van der Waals surface area contributed by atoms with Crippen LogP contribution in [-0.2, 0) is 11.3 Å². The van der Waals surface area contributed by atoms with Crippen molar-refractivity contribution in [3.8, 4) is 0 Å². The van der Waals surface area contributed by atoms with Gasteiger partial charge in [0.1, 0.15) is 5.78 Å². The molecule has 0 heterocycles. The van der Waals surface area contributed by atoms with Crippen LogP contribution in [0.5, 0.6) is 0 Å². The summed E-state index contributed by atoms with van der Waals surface area (Å²) in [4.78, 5) is 13.7. The fraction of sp³-hybridized carbons (Fsp3) is 0.500. The van der Waals surface area contributed by atoms with E-state index < -0.39 is 0 Å². The van der Waals surface area contributed by atoms with Crippen molar-refractivity contribution in [1.29, 1.82) is 0 Å². The standard InChI is InChI=1S/C14H22N2O.ClH/c1-3-15-10-9-14(17)12-16(2)11-13-7-5-4-6-8-13;/h4-8,15H,3,9-12H2,1-2H3;1H. The number of hydrogen-bond donors (Lipinski definition) is 1. The normalized spacial score (nSPS) is 10.2. The van der Waals surface area contributed by atoms with Gasteiger partial charge in [-0.05, 0) is 19.2 Å². The fourth-order valence-electron chi connectivity index (χ4n) is 1.74. The van der Waals surface area contributed by atoms with Gasteiger partial charge in [0, 0.05) is 19.5 Å². The smallest absolute Gasteiger partial charge is 0.148 e. The Morgan fingerprint density at radius 3 is 2.56 bits per heavy atom. The molecule has 3 nitrogen and oxygen atoms in total. The number of nitrogens with zero attached hydrogens (tertiary/aromatic N) is 1. The molecule has 0 fully saturated rings. The summed E-state index contributed by atoms with van der Waals surface area (Å²) in [6, 6.07) is 10.2.